The average Bonchev–Trinajstić information content (AvgIpc) is 3.00. The van der Waals surface area contributed by atoms with E-state index < -0.39 is 6.10 Å². The molecule has 0 aliphatic heterocycles. The van der Waals surface area contributed by atoms with Crippen LogP contribution >= 0.6 is 0 Å². The summed E-state index contributed by atoms with van der Waals surface area (Å²) in [5.41, 5.74) is 2.42. The molecular weight excluding hydrogens is 318 g/mol. The van der Waals surface area contributed by atoms with Crippen molar-refractivity contribution >= 4 is 16.8 Å². The second kappa shape index (κ2) is 6.98. The van der Waals surface area contributed by atoms with Gasteiger partial charge in [0.25, 0.3) is 5.91 Å². The highest BCUT2D eigenvalue weighted by atomic mass is 16.3. The van der Waals surface area contributed by atoms with Crippen LogP contribution in [0.3, 0.4) is 0 Å². The van der Waals surface area contributed by atoms with Crippen LogP contribution in [0.2, 0.25) is 0 Å². The van der Waals surface area contributed by atoms with E-state index >= 15 is 0 Å². The number of nitrogens with one attached hydrogen (secondary N) is 1. The zero-order valence-electron chi connectivity index (χ0n) is 14.5. The third-order valence-electron chi connectivity index (χ3n) is 4.19. The molecule has 1 unspecified atom stereocenters. The second-order valence-corrected chi connectivity index (χ2v) is 6.31. The molecule has 3 aromatic rings. The number of nitrogens with zero attached hydrogens (tertiary/aromatic N) is 4. The number of benzene rings is 1. The summed E-state index contributed by atoms with van der Waals surface area (Å²) in [5, 5.41) is 21.7. The predicted octanol–water partition coefficient (Wildman–Crippen LogP) is 1.87. The number of aliphatic hydroxyl groups excluding tert-OH is 1. The lowest BCUT2D eigenvalue weighted by molar-refractivity contribution is 0.0866. The Morgan fingerprint density at radius 1 is 1.28 bits per heavy atom. The van der Waals surface area contributed by atoms with Crippen LogP contribution in [0.25, 0.3) is 16.6 Å². The molecule has 3 rings (SSSR count). The number of fused-ring (bicyclic) bond motifs is 1. The van der Waals surface area contributed by atoms with Crippen molar-refractivity contribution in [2.45, 2.75) is 26.9 Å². The van der Waals surface area contributed by atoms with E-state index in [1.54, 1.807) is 17.8 Å². The molecule has 130 valence electrons. The number of carbonyl (C=O) groups excluding carboxylic acids is 1. The standard InChI is InChI=1S/C18H21N5O2/c1-11(2)15(24)10-20-18(25)16-12(3)23(22-21-16)14-8-4-6-13-7-5-9-19-17(13)14/h4-9,11,15,24H,10H2,1-3H3,(H,20,25). The van der Waals surface area contributed by atoms with Crippen LogP contribution in [-0.2, 0) is 0 Å². The molecule has 0 fully saturated rings. The van der Waals surface area contributed by atoms with Crippen LogP contribution in [0.5, 0.6) is 0 Å². The lowest BCUT2D eigenvalue weighted by Crippen LogP contribution is -2.35. The van der Waals surface area contributed by atoms with Gasteiger partial charge in [-0.2, -0.15) is 0 Å². The van der Waals surface area contributed by atoms with Gasteiger partial charge in [-0.05, 0) is 25.0 Å². The summed E-state index contributed by atoms with van der Waals surface area (Å²) in [6.07, 6.45) is 1.13. The van der Waals surface area contributed by atoms with E-state index in [9.17, 15) is 9.90 Å². The van der Waals surface area contributed by atoms with E-state index in [1.807, 2.05) is 44.2 Å². The Morgan fingerprint density at radius 2 is 2.04 bits per heavy atom. The highest BCUT2D eigenvalue weighted by molar-refractivity contribution is 5.93. The molecule has 0 bridgehead atoms. The van der Waals surface area contributed by atoms with E-state index in [1.165, 1.54) is 0 Å². The monoisotopic (exact) mass is 339 g/mol. The number of carbonyl (C=O) groups is 1. The lowest BCUT2D eigenvalue weighted by Gasteiger charge is -2.14. The third kappa shape index (κ3) is 3.36. The van der Waals surface area contributed by atoms with Gasteiger partial charge in [0.15, 0.2) is 5.69 Å². The largest absolute Gasteiger partial charge is 0.391 e. The first-order valence-corrected chi connectivity index (χ1v) is 8.21. The zero-order chi connectivity index (χ0) is 18.0. The molecule has 2 N–H and O–H groups in total. The van der Waals surface area contributed by atoms with Crippen LogP contribution in [0.1, 0.15) is 30.0 Å². The van der Waals surface area contributed by atoms with Gasteiger partial charge in [0.1, 0.15) is 0 Å². The van der Waals surface area contributed by atoms with Crippen molar-refractivity contribution < 1.29 is 9.90 Å². The molecule has 1 aromatic carbocycles. The minimum atomic E-state index is -0.596. The molecule has 1 amide bonds. The highest BCUT2D eigenvalue weighted by Crippen LogP contribution is 2.21. The maximum absolute atomic E-state index is 12.3. The molecule has 0 aliphatic carbocycles. The number of hydrogen-bond donors (Lipinski definition) is 2. The highest BCUT2D eigenvalue weighted by Gasteiger charge is 2.19. The normalized spacial score (nSPS) is 12.5. The molecule has 0 aliphatic rings. The fourth-order valence-electron chi connectivity index (χ4n) is 2.54. The van der Waals surface area contributed by atoms with E-state index in [0.717, 1.165) is 16.6 Å². The van der Waals surface area contributed by atoms with Crippen molar-refractivity contribution in [3.8, 4) is 5.69 Å². The van der Waals surface area contributed by atoms with Gasteiger partial charge >= 0.3 is 0 Å². The Balaban J connectivity index is 1.89. The summed E-state index contributed by atoms with van der Waals surface area (Å²) in [6.45, 7) is 5.76. The molecule has 25 heavy (non-hydrogen) atoms. The first-order valence-electron chi connectivity index (χ1n) is 8.21. The quantitative estimate of drug-likeness (QED) is 0.740. The van der Waals surface area contributed by atoms with Gasteiger partial charge in [-0.3, -0.25) is 9.78 Å². The zero-order valence-corrected chi connectivity index (χ0v) is 14.5. The van der Waals surface area contributed by atoms with Gasteiger partial charge in [0.2, 0.25) is 0 Å². The fourth-order valence-corrected chi connectivity index (χ4v) is 2.54. The van der Waals surface area contributed by atoms with Crippen molar-refractivity contribution in [1.29, 1.82) is 0 Å². The smallest absolute Gasteiger partial charge is 0.273 e. The Bertz CT molecular complexity index is 898. The van der Waals surface area contributed by atoms with E-state index in [0.29, 0.717) is 5.69 Å². The molecule has 2 heterocycles. The van der Waals surface area contributed by atoms with Crippen molar-refractivity contribution in [3.05, 3.63) is 47.9 Å². The molecule has 0 saturated heterocycles. The van der Waals surface area contributed by atoms with Crippen LogP contribution in [0.4, 0.5) is 0 Å². The van der Waals surface area contributed by atoms with Gasteiger partial charge in [-0.15, -0.1) is 5.10 Å². The molecule has 2 aromatic heterocycles. The van der Waals surface area contributed by atoms with Crippen molar-refractivity contribution in [3.63, 3.8) is 0 Å². The minimum Gasteiger partial charge on any atom is -0.391 e. The molecule has 0 spiro atoms. The summed E-state index contributed by atoms with van der Waals surface area (Å²) in [4.78, 5) is 16.8. The number of aromatic nitrogens is 4. The Morgan fingerprint density at radius 3 is 2.80 bits per heavy atom. The van der Waals surface area contributed by atoms with Crippen LogP contribution < -0.4 is 5.32 Å². The van der Waals surface area contributed by atoms with Gasteiger partial charge < -0.3 is 10.4 Å². The maximum Gasteiger partial charge on any atom is 0.273 e. The second-order valence-electron chi connectivity index (χ2n) is 6.31. The van der Waals surface area contributed by atoms with Gasteiger partial charge in [0.05, 0.1) is 23.0 Å². The number of aliphatic hydroxyl groups is 1. The molecule has 7 heteroatoms. The Hall–Kier alpha value is -2.80. The van der Waals surface area contributed by atoms with Crippen LogP contribution in [0.15, 0.2) is 36.5 Å². The maximum atomic E-state index is 12.3. The van der Waals surface area contributed by atoms with Gasteiger partial charge in [-0.1, -0.05) is 37.3 Å². The average molecular weight is 339 g/mol. The van der Waals surface area contributed by atoms with Gasteiger partial charge in [0, 0.05) is 18.1 Å². The Kier molecular flexibility index (Phi) is 4.76. The fraction of sp³-hybridized carbons (Fsp3) is 0.333. The van der Waals surface area contributed by atoms with E-state index in [2.05, 4.69) is 20.6 Å². The number of rotatable bonds is 5. The van der Waals surface area contributed by atoms with Crippen LogP contribution in [-0.4, -0.2) is 43.6 Å². The molecule has 7 nitrogen and oxygen atoms in total. The number of hydrogen-bond acceptors (Lipinski definition) is 5. The minimum absolute atomic E-state index is 0.0684. The first-order chi connectivity index (χ1) is 12.0. The summed E-state index contributed by atoms with van der Waals surface area (Å²) >= 11 is 0. The SMILES string of the molecule is Cc1c(C(=O)NCC(O)C(C)C)nnn1-c1cccc2cccnc12. The summed E-state index contributed by atoms with van der Waals surface area (Å²) < 4.78 is 1.61. The number of pyridine rings is 1. The third-order valence-corrected chi connectivity index (χ3v) is 4.19. The van der Waals surface area contributed by atoms with Crippen molar-refractivity contribution in [2.75, 3.05) is 6.54 Å². The van der Waals surface area contributed by atoms with Crippen LogP contribution in [0, 0.1) is 12.8 Å². The molecule has 0 saturated carbocycles. The number of amides is 1. The van der Waals surface area contributed by atoms with Crippen molar-refractivity contribution in [2.24, 2.45) is 5.92 Å². The molecule has 1 atom stereocenters. The summed E-state index contributed by atoms with van der Waals surface area (Å²) in [5.74, 6) is -0.282. The first kappa shape index (κ1) is 17.0. The molecule has 0 radical (unpaired) electrons. The lowest BCUT2D eigenvalue weighted by atomic mass is 10.1. The van der Waals surface area contributed by atoms with Gasteiger partial charge in [-0.25, -0.2) is 4.68 Å². The van der Waals surface area contributed by atoms with E-state index in [-0.39, 0.29) is 24.1 Å². The number of para-hydroxylation sites is 1. The van der Waals surface area contributed by atoms with Crippen molar-refractivity contribution in [1.82, 2.24) is 25.3 Å². The topological polar surface area (TPSA) is 92.9 Å². The Labute approximate surface area is 145 Å². The van der Waals surface area contributed by atoms with E-state index in [4.69, 9.17) is 0 Å². The summed E-state index contributed by atoms with van der Waals surface area (Å²) in [6, 6.07) is 9.62. The summed E-state index contributed by atoms with van der Waals surface area (Å²) in [7, 11) is 0. The predicted molar refractivity (Wildman–Crippen MR) is 94.6 cm³/mol. The molecular formula is C18H21N5O2.